The number of thiophene rings is 1. The zero-order valence-corrected chi connectivity index (χ0v) is 12.1. The zero-order chi connectivity index (χ0) is 10.1. The van der Waals surface area contributed by atoms with E-state index in [1.165, 1.54) is 19.2 Å². The monoisotopic (exact) mass is 382 g/mol. The Morgan fingerprint density at radius 3 is 2.93 bits per heavy atom. The molecule has 2 aromatic rings. The molecule has 0 radical (unpaired) electrons. The predicted octanol–water partition coefficient (Wildman–Crippen LogP) is 4.41. The van der Waals surface area contributed by atoms with Crippen LogP contribution in [-0.4, -0.2) is 7.11 Å². The molecule has 4 heteroatoms. The summed E-state index contributed by atoms with van der Waals surface area (Å²) >= 11 is 7.62. The highest BCUT2D eigenvalue weighted by Gasteiger charge is 2.09. The van der Waals surface area contributed by atoms with Crippen molar-refractivity contribution in [2.24, 2.45) is 0 Å². The Morgan fingerprint density at radius 2 is 2.29 bits per heavy atom. The maximum absolute atomic E-state index is 5.29. The number of hydrogen-bond acceptors (Lipinski definition) is 2. The Labute approximate surface area is 109 Å². The Morgan fingerprint density at radius 1 is 1.50 bits per heavy atom. The quantitative estimate of drug-likeness (QED) is 0.552. The average molecular weight is 383 g/mol. The Balaban J connectivity index is 2.72. The molecule has 0 fully saturated rings. The third-order valence-corrected chi connectivity index (χ3v) is 5.28. The van der Waals surface area contributed by atoms with Crippen LogP contribution in [0.25, 0.3) is 10.1 Å². The van der Waals surface area contributed by atoms with Gasteiger partial charge in [-0.1, -0.05) is 22.0 Å². The molecule has 1 aromatic carbocycles. The fourth-order valence-corrected chi connectivity index (χ4v) is 4.36. The van der Waals surface area contributed by atoms with Gasteiger partial charge in [0.25, 0.3) is 0 Å². The number of halogens is 2. The predicted molar refractivity (Wildman–Crippen MR) is 73.7 cm³/mol. The SMILES string of the molecule is COc1csc2c(I)c(CBr)ccc12. The summed E-state index contributed by atoms with van der Waals surface area (Å²) < 4.78 is 7.93. The molecule has 1 heterocycles. The second-order valence-electron chi connectivity index (χ2n) is 2.85. The van der Waals surface area contributed by atoms with E-state index in [1.807, 2.05) is 0 Å². The van der Waals surface area contributed by atoms with Crippen LogP contribution in [0.15, 0.2) is 17.5 Å². The second kappa shape index (κ2) is 4.37. The number of fused-ring (bicyclic) bond motifs is 1. The Bertz CT molecular complexity index is 466. The van der Waals surface area contributed by atoms with Crippen molar-refractivity contribution in [3.8, 4) is 5.75 Å². The zero-order valence-electron chi connectivity index (χ0n) is 7.51. The van der Waals surface area contributed by atoms with Crippen molar-refractivity contribution in [2.45, 2.75) is 5.33 Å². The van der Waals surface area contributed by atoms with Gasteiger partial charge in [0.05, 0.1) is 11.8 Å². The first-order valence-corrected chi connectivity index (χ1v) is 7.14. The summed E-state index contributed by atoms with van der Waals surface area (Å²) in [7, 11) is 1.72. The number of ether oxygens (including phenoxy) is 1. The van der Waals surface area contributed by atoms with Crippen molar-refractivity contribution < 1.29 is 4.74 Å². The maximum Gasteiger partial charge on any atom is 0.137 e. The topological polar surface area (TPSA) is 9.23 Å². The molecule has 0 aliphatic carbocycles. The molecular formula is C10H8BrIOS. The third kappa shape index (κ3) is 1.67. The van der Waals surface area contributed by atoms with Crippen molar-refractivity contribution in [2.75, 3.05) is 7.11 Å². The average Bonchev–Trinajstić information content (AvgIpc) is 2.62. The van der Waals surface area contributed by atoms with Crippen LogP contribution in [0, 0.1) is 3.57 Å². The van der Waals surface area contributed by atoms with Gasteiger partial charge in [0, 0.05) is 19.7 Å². The van der Waals surface area contributed by atoms with E-state index in [1.54, 1.807) is 18.4 Å². The summed E-state index contributed by atoms with van der Waals surface area (Å²) in [5.74, 6) is 0.976. The summed E-state index contributed by atoms with van der Waals surface area (Å²) in [6.45, 7) is 0. The maximum atomic E-state index is 5.29. The van der Waals surface area contributed by atoms with Gasteiger partial charge >= 0.3 is 0 Å². The van der Waals surface area contributed by atoms with Crippen LogP contribution >= 0.6 is 49.9 Å². The van der Waals surface area contributed by atoms with E-state index in [0.717, 1.165) is 11.1 Å². The van der Waals surface area contributed by atoms with Crippen LogP contribution in [0.3, 0.4) is 0 Å². The van der Waals surface area contributed by atoms with Crippen molar-refractivity contribution in [3.63, 3.8) is 0 Å². The summed E-state index contributed by atoms with van der Waals surface area (Å²) in [6, 6.07) is 4.28. The molecule has 0 saturated carbocycles. The van der Waals surface area contributed by atoms with Gasteiger partial charge in [0.1, 0.15) is 5.75 Å². The van der Waals surface area contributed by atoms with Gasteiger partial charge in [0.15, 0.2) is 0 Å². The minimum Gasteiger partial charge on any atom is -0.495 e. The summed E-state index contributed by atoms with van der Waals surface area (Å²) in [5.41, 5.74) is 1.34. The van der Waals surface area contributed by atoms with E-state index in [9.17, 15) is 0 Å². The van der Waals surface area contributed by atoms with E-state index in [4.69, 9.17) is 4.74 Å². The largest absolute Gasteiger partial charge is 0.495 e. The van der Waals surface area contributed by atoms with Crippen LogP contribution in [-0.2, 0) is 5.33 Å². The first kappa shape index (κ1) is 10.7. The molecule has 0 bridgehead atoms. The molecule has 0 aliphatic rings. The first-order chi connectivity index (χ1) is 6.77. The van der Waals surface area contributed by atoms with Crippen molar-refractivity contribution >= 4 is 59.9 Å². The summed E-state index contributed by atoms with van der Waals surface area (Å²) in [5, 5.41) is 4.18. The lowest BCUT2D eigenvalue weighted by Crippen LogP contribution is -1.84. The number of rotatable bonds is 2. The van der Waals surface area contributed by atoms with E-state index in [2.05, 4.69) is 56.0 Å². The number of methoxy groups -OCH3 is 1. The van der Waals surface area contributed by atoms with Gasteiger partial charge < -0.3 is 4.74 Å². The lowest BCUT2D eigenvalue weighted by molar-refractivity contribution is 0.421. The Hall–Kier alpha value is 0.190. The van der Waals surface area contributed by atoms with Gasteiger partial charge in [-0.2, -0.15) is 0 Å². The lowest BCUT2D eigenvalue weighted by Gasteiger charge is -2.02. The minimum absolute atomic E-state index is 0.904. The molecular weight excluding hydrogens is 375 g/mol. The molecule has 0 amide bonds. The Kier molecular flexibility index (Phi) is 3.34. The molecule has 0 atom stereocenters. The van der Waals surface area contributed by atoms with Crippen LogP contribution in [0.1, 0.15) is 5.56 Å². The minimum atomic E-state index is 0.904. The normalized spacial score (nSPS) is 10.8. The van der Waals surface area contributed by atoms with E-state index in [0.29, 0.717) is 0 Å². The van der Waals surface area contributed by atoms with Crippen LogP contribution < -0.4 is 4.74 Å². The van der Waals surface area contributed by atoms with Gasteiger partial charge in [-0.25, -0.2) is 0 Å². The summed E-state index contributed by atoms with van der Waals surface area (Å²) in [4.78, 5) is 0. The van der Waals surface area contributed by atoms with Crippen molar-refractivity contribution in [1.82, 2.24) is 0 Å². The molecule has 1 aromatic heterocycles. The highest BCUT2D eigenvalue weighted by Crippen LogP contribution is 2.36. The first-order valence-electron chi connectivity index (χ1n) is 4.06. The molecule has 1 nitrogen and oxygen atoms in total. The number of hydrogen-bond donors (Lipinski definition) is 0. The summed E-state index contributed by atoms with van der Waals surface area (Å²) in [6.07, 6.45) is 0. The molecule has 0 N–H and O–H groups in total. The molecule has 0 saturated heterocycles. The molecule has 14 heavy (non-hydrogen) atoms. The number of alkyl halides is 1. The lowest BCUT2D eigenvalue weighted by atomic mass is 10.2. The van der Waals surface area contributed by atoms with E-state index >= 15 is 0 Å². The highest BCUT2D eigenvalue weighted by atomic mass is 127. The molecule has 2 rings (SSSR count). The van der Waals surface area contributed by atoms with Crippen molar-refractivity contribution in [1.29, 1.82) is 0 Å². The second-order valence-corrected chi connectivity index (χ2v) is 5.37. The highest BCUT2D eigenvalue weighted by molar-refractivity contribution is 14.1. The van der Waals surface area contributed by atoms with Crippen LogP contribution in [0.5, 0.6) is 5.75 Å². The smallest absolute Gasteiger partial charge is 0.137 e. The fourth-order valence-electron chi connectivity index (χ4n) is 1.34. The molecule has 0 unspecified atom stereocenters. The van der Waals surface area contributed by atoms with Crippen molar-refractivity contribution in [3.05, 3.63) is 26.6 Å². The van der Waals surface area contributed by atoms with Gasteiger partial charge in [0.2, 0.25) is 0 Å². The molecule has 74 valence electrons. The van der Waals surface area contributed by atoms with E-state index < -0.39 is 0 Å². The van der Waals surface area contributed by atoms with E-state index in [-0.39, 0.29) is 0 Å². The third-order valence-electron chi connectivity index (χ3n) is 2.09. The van der Waals surface area contributed by atoms with Gasteiger partial charge in [-0.05, 0) is 34.2 Å². The van der Waals surface area contributed by atoms with Crippen LogP contribution in [0.4, 0.5) is 0 Å². The van der Waals surface area contributed by atoms with Crippen LogP contribution in [0.2, 0.25) is 0 Å². The fraction of sp³-hybridized carbons (Fsp3) is 0.200. The standard InChI is InChI=1S/C10H8BrIOS/c1-13-8-5-14-10-7(8)3-2-6(4-11)9(10)12/h2-3,5H,4H2,1H3. The number of benzene rings is 1. The molecule has 0 spiro atoms. The van der Waals surface area contributed by atoms with Gasteiger partial charge in [-0.3, -0.25) is 0 Å². The van der Waals surface area contributed by atoms with Gasteiger partial charge in [-0.15, -0.1) is 11.3 Å². The molecule has 0 aliphatic heterocycles.